The Balaban J connectivity index is 1.95. The minimum absolute atomic E-state index is 0.0216. The van der Waals surface area contributed by atoms with E-state index in [1.807, 2.05) is 19.1 Å². The van der Waals surface area contributed by atoms with Crippen molar-refractivity contribution in [3.63, 3.8) is 0 Å². The summed E-state index contributed by atoms with van der Waals surface area (Å²) in [7, 11) is 4.40. The Labute approximate surface area is 174 Å². The number of rotatable bonds is 5. The SMILES string of the molecule is COC(=O)[C@@H]1Cc2cc(OC)c(OC)cc2C23C[C@H](C)[C@@H](C[N+](=O)[O-])[C@@H]2CC(=O)N13. The van der Waals surface area contributed by atoms with Crippen molar-refractivity contribution >= 4 is 11.9 Å². The predicted octanol–water partition coefficient (Wildman–Crippen LogP) is 1.78. The number of amides is 1. The van der Waals surface area contributed by atoms with Crippen molar-refractivity contribution in [2.75, 3.05) is 27.9 Å². The van der Waals surface area contributed by atoms with E-state index < -0.39 is 17.6 Å². The van der Waals surface area contributed by atoms with Crippen LogP contribution in [0.25, 0.3) is 0 Å². The zero-order valence-electron chi connectivity index (χ0n) is 17.5. The van der Waals surface area contributed by atoms with Gasteiger partial charge in [0.2, 0.25) is 12.5 Å². The highest BCUT2D eigenvalue weighted by atomic mass is 16.6. The molecule has 2 fully saturated rings. The lowest BCUT2D eigenvalue weighted by Gasteiger charge is -2.48. The van der Waals surface area contributed by atoms with E-state index in [1.54, 1.807) is 19.1 Å². The van der Waals surface area contributed by atoms with Gasteiger partial charge in [0.1, 0.15) is 6.04 Å². The molecular formula is C21H26N2O7. The Kier molecular flexibility index (Phi) is 4.86. The molecule has 1 aliphatic carbocycles. The van der Waals surface area contributed by atoms with E-state index in [0.29, 0.717) is 24.3 Å². The zero-order chi connectivity index (χ0) is 21.8. The van der Waals surface area contributed by atoms with Crippen LogP contribution in [0.4, 0.5) is 0 Å². The number of hydrogen-bond donors (Lipinski definition) is 0. The van der Waals surface area contributed by atoms with Gasteiger partial charge in [-0.15, -0.1) is 0 Å². The van der Waals surface area contributed by atoms with Gasteiger partial charge in [-0.05, 0) is 35.6 Å². The monoisotopic (exact) mass is 418 g/mol. The van der Waals surface area contributed by atoms with E-state index >= 15 is 0 Å². The highest BCUT2D eigenvalue weighted by Gasteiger charge is 2.67. The lowest BCUT2D eigenvalue weighted by Crippen LogP contribution is -2.57. The number of methoxy groups -OCH3 is 3. The minimum atomic E-state index is -0.789. The number of nitro groups is 1. The van der Waals surface area contributed by atoms with Crippen LogP contribution in [0.3, 0.4) is 0 Å². The maximum Gasteiger partial charge on any atom is 0.328 e. The standard InChI is InChI=1S/C21H26N2O7/c1-11-9-21-14-7-18(29-3)17(28-2)6-12(14)5-16(20(25)30-4)23(21)19(24)8-15(21)13(11)10-22(26)27/h6-7,11,13,15-16H,5,8-10H2,1-4H3/t11-,13+,15-,16-,21?/m0/s1. The van der Waals surface area contributed by atoms with E-state index in [4.69, 9.17) is 14.2 Å². The molecule has 1 saturated heterocycles. The van der Waals surface area contributed by atoms with Gasteiger partial charge in [0.25, 0.3) is 0 Å². The van der Waals surface area contributed by atoms with E-state index in [9.17, 15) is 19.7 Å². The van der Waals surface area contributed by atoms with Crippen molar-refractivity contribution in [2.45, 2.75) is 37.8 Å². The fourth-order valence-electron chi connectivity index (χ4n) is 6.14. The van der Waals surface area contributed by atoms with Crippen molar-refractivity contribution in [3.05, 3.63) is 33.4 Å². The van der Waals surface area contributed by atoms with E-state index in [0.717, 1.165) is 11.1 Å². The lowest BCUT2D eigenvalue weighted by atomic mass is 9.72. The third kappa shape index (κ3) is 2.67. The van der Waals surface area contributed by atoms with E-state index in [1.165, 1.54) is 7.11 Å². The fraction of sp³-hybridized carbons (Fsp3) is 0.619. The lowest BCUT2D eigenvalue weighted by molar-refractivity contribution is -0.491. The summed E-state index contributed by atoms with van der Waals surface area (Å²) in [6.07, 6.45) is 1.04. The van der Waals surface area contributed by atoms with Gasteiger partial charge < -0.3 is 19.1 Å². The van der Waals surface area contributed by atoms with Crippen LogP contribution in [0, 0.1) is 27.9 Å². The average molecular weight is 418 g/mol. The third-order valence-corrected chi connectivity index (χ3v) is 7.22. The van der Waals surface area contributed by atoms with Crippen LogP contribution < -0.4 is 9.47 Å². The molecule has 1 spiro atoms. The molecule has 4 rings (SSSR count). The average Bonchev–Trinajstić information content (AvgIpc) is 3.15. The second-order valence-electron chi connectivity index (χ2n) is 8.47. The molecule has 2 heterocycles. The number of carbonyl (C=O) groups excluding carboxylic acids is 2. The number of benzene rings is 1. The van der Waals surface area contributed by atoms with Gasteiger partial charge in [0, 0.05) is 29.6 Å². The van der Waals surface area contributed by atoms with Crippen molar-refractivity contribution in [1.29, 1.82) is 0 Å². The fourth-order valence-corrected chi connectivity index (χ4v) is 6.14. The zero-order valence-corrected chi connectivity index (χ0v) is 17.5. The molecule has 1 saturated carbocycles. The molecule has 0 radical (unpaired) electrons. The van der Waals surface area contributed by atoms with Crippen LogP contribution in [-0.2, 0) is 26.3 Å². The maximum atomic E-state index is 13.2. The first kappa shape index (κ1) is 20.4. The predicted molar refractivity (Wildman–Crippen MR) is 105 cm³/mol. The van der Waals surface area contributed by atoms with Gasteiger partial charge >= 0.3 is 5.97 Å². The molecule has 1 aromatic rings. The summed E-state index contributed by atoms with van der Waals surface area (Å²) in [4.78, 5) is 38.6. The van der Waals surface area contributed by atoms with Crippen LogP contribution in [0.1, 0.15) is 30.9 Å². The second kappa shape index (κ2) is 7.14. The van der Waals surface area contributed by atoms with Crippen LogP contribution in [0.15, 0.2) is 12.1 Å². The number of ether oxygens (including phenoxy) is 3. The first-order valence-corrected chi connectivity index (χ1v) is 10.1. The summed E-state index contributed by atoms with van der Waals surface area (Å²) in [5.74, 6) is -0.0522. The van der Waals surface area contributed by atoms with Crippen LogP contribution >= 0.6 is 0 Å². The Bertz CT molecular complexity index is 917. The molecule has 3 aliphatic rings. The molecule has 1 unspecified atom stereocenters. The number of nitrogens with zero attached hydrogens (tertiary/aromatic N) is 2. The highest BCUT2D eigenvalue weighted by molar-refractivity contribution is 5.89. The van der Waals surface area contributed by atoms with Gasteiger partial charge in [0.15, 0.2) is 11.5 Å². The van der Waals surface area contributed by atoms with Crippen LogP contribution in [0.5, 0.6) is 11.5 Å². The van der Waals surface area contributed by atoms with Crippen molar-refractivity contribution in [2.24, 2.45) is 17.8 Å². The quantitative estimate of drug-likeness (QED) is 0.407. The molecule has 9 nitrogen and oxygen atoms in total. The van der Waals surface area contributed by atoms with E-state index in [-0.39, 0.29) is 41.5 Å². The van der Waals surface area contributed by atoms with Crippen molar-refractivity contribution in [1.82, 2.24) is 4.90 Å². The molecule has 162 valence electrons. The topological polar surface area (TPSA) is 108 Å². The summed E-state index contributed by atoms with van der Waals surface area (Å²) in [5, 5.41) is 11.4. The number of fused-ring (bicyclic) bond motifs is 1. The summed E-state index contributed by atoms with van der Waals surface area (Å²) >= 11 is 0. The van der Waals surface area contributed by atoms with Crippen LogP contribution in [-0.4, -0.2) is 55.6 Å². The largest absolute Gasteiger partial charge is 0.493 e. The molecule has 0 aromatic heterocycles. The molecule has 0 bridgehead atoms. The van der Waals surface area contributed by atoms with E-state index in [2.05, 4.69) is 0 Å². The molecule has 5 atom stereocenters. The van der Waals surface area contributed by atoms with Gasteiger partial charge in [0.05, 0.1) is 26.9 Å². The molecule has 0 N–H and O–H groups in total. The Morgan fingerprint density at radius 2 is 1.90 bits per heavy atom. The molecule has 1 aromatic carbocycles. The first-order valence-electron chi connectivity index (χ1n) is 10.1. The van der Waals surface area contributed by atoms with Crippen molar-refractivity contribution < 1.29 is 28.7 Å². The van der Waals surface area contributed by atoms with Gasteiger partial charge in [-0.2, -0.15) is 0 Å². The normalized spacial score (nSPS) is 31.6. The van der Waals surface area contributed by atoms with Gasteiger partial charge in [-0.25, -0.2) is 4.79 Å². The number of carbonyl (C=O) groups is 2. The summed E-state index contributed by atoms with van der Waals surface area (Å²) in [6.45, 7) is 1.80. The minimum Gasteiger partial charge on any atom is -0.493 e. The summed E-state index contributed by atoms with van der Waals surface area (Å²) in [6, 6.07) is 2.96. The highest BCUT2D eigenvalue weighted by Crippen LogP contribution is 2.62. The molecular weight excluding hydrogens is 392 g/mol. The smallest absolute Gasteiger partial charge is 0.328 e. The number of hydrogen-bond acceptors (Lipinski definition) is 7. The van der Waals surface area contributed by atoms with Crippen molar-refractivity contribution in [3.8, 4) is 11.5 Å². The molecule has 9 heteroatoms. The summed E-state index contributed by atoms with van der Waals surface area (Å²) in [5.41, 5.74) is 0.991. The number of esters is 1. The van der Waals surface area contributed by atoms with Crippen LogP contribution in [0.2, 0.25) is 0 Å². The third-order valence-electron chi connectivity index (χ3n) is 7.22. The Morgan fingerprint density at radius 3 is 2.50 bits per heavy atom. The molecule has 2 aliphatic heterocycles. The Hall–Kier alpha value is -2.84. The first-order chi connectivity index (χ1) is 14.3. The van der Waals surface area contributed by atoms with Gasteiger partial charge in [-0.3, -0.25) is 14.9 Å². The molecule has 30 heavy (non-hydrogen) atoms. The Morgan fingerprint density at radius 1 is 1.23 bits per heavy atom. The molecule has 1 amide bonds. The van der Waals surface area contributed by atoms with Gasteiger partial charge in [-0.1, -0.05) is 6.92 Å². The summed E-state index contributed by atoms with van der Waals surface area (Å²) < 4.78 is 16.0. The second-order valence-corrected chi connectivity index (χ2v) is 8.47. The maximum absolute atomic E-state index is 13.2.